The molecule has 0 aliphatic heterocycles. The maximum Gasteiger partial charge on any atom is 0.203 e. The van der Waals surface area contributed by atoms with Crippen molar-refractivity contribution in [1.29, 1.82) is 0 Å². The summed E-state index contributed by atoms with van der Waals surface area (Å²) >= 11 is 4.99. The molecule has 0 amide bonds. The van der Waals surface area contributed by atoms with Crippen molar-refractivity contribution in [2.75, 3.05) is 31.5 Å². The van der Waals surface area contributed by atoms with Gasteiger partial charge >= 0.3 is 0 Å². The van der Waals surface area contributed by atoms with Gasteiger partial charge in [0.05, 0.1) is 5.69 Å². The summed E-state index contributed by atoms with van der Waals surface area (Å²) in [6.45, 7) is 10.5. The van der Waals surface area contributed by atoms with Gasteiger partial charge in [-0.3, -0.25) is 4.79 Å². The van der Waals surface area contributed by atoms with Gasteiger partial charge in [0.1, 0.15) is 4.51 Å². The summed E-state index contributed by atoms with van der Waals surface area (Å²) in [6, 6.07) is 0. The van der Waals surface area contributed by atoms with Crippen molar-refractivity contribution in [2.45, 2.75) is 33.6 Å². The van der Waals surface area contributed by atoms with E-state index in [-0.39, 0.29) is 5.43 Å². The first-order chi connectivity index (χ1) is 8.11. The molecule has 0 bridgehead atoms. The van der Waals surface area contributed by atoms with E-state index in [0.717, 1.165) is 43.9 Å². The van der Waals surface area contributed by atoms with Gasteiger partial charge in [0, 0.05) is 12.1 Å². The Morgan fingerprint density at radius 2 is 2.00 bits per heavy atom. The zero-order valence-electron chi connectivity index (χ0n) is 11.0. The molecule has 17 heavy (non-hydrogen) atoms. The second-order valence-corrected chi connectivity index (χ2v) is 4.78. The summed E-state index contributed by atoms with van der Waals surface area (Å²) < 4.78 is 0.475. The first kappa shape index (κ1) is 14.3. The van der Waals surface area contributed by atoms with Crippen LogP contribution in [0.1, 0.15) is 32.3 Å². The van der Waals surface area contributed by atoms with Crippen LogP contribution in [0.25, 0.3) is 0 Å². The van der Waals surface area contributed by atoms with Gasteiger partial charge in [0.25, 0.3) is 0 Å². The first-order valence-electron chi connectivity index (χ1n) is 6.37. The Balaban J connectivity index is 2.25. The third-order valence-electron chi connectivity index (χ3n) is 3.09. The van der Waals surface area contributed by atoms with Crippen molar-refractivity contribution in [3.8, 4) is 0 Å². The lowest BCUT2D eigenvalue weighted by Gasteiger charge is -2.20. The van der Waals surface area contributed by atoms with Gasteiger partial charge in [-0.05, 0) is 39.4 Å². The lowest BCUT2D eigenvalue weighted by Crippen LogP contribution is -2.27. The van der Waals surface area contributed by atoms with Gasteiger partial charge in [-0.2, -0.15) is 0 Å². The van der Waals surface area contributed by atoms with Gasteiger partial charge < -0.3 is 10.2 Å². The minimum Gasteiger partial charge on any atom is -0.383 e. The summed E-state index contributed by atoms with van der Waals surface area (Å²) in [5.41, 5.74) is 1.71. The molecule has 0 aliphatic carbocycles. The van der Waals surface area contributed by atoms with Gasteiger partial charge in [0.15, 0.2) is 0 Å². The van der Waals surface area contributed by atoms with Crippen LogP contribution >= 0.6 is 12.2 Å². The predicted octanol–water partition coefficient (Wildman–Crippen LogP) is 2.49. The number of anilines is 1. The highest BCUT2D eigenvalue weighted by molar-refractivity contribution is 7.71. The number of nitrogens with one attached hydrogen (secondary N) is 1. The van der Waals surface area contributed by atoms with E-state index in [4.69, 9.17) is 12.2 Å². The Bertz CT molecular complexity index is 421. The van der Waals surface area contributed by atoms with E-state index >= 15 is 0 Å². The highest BCUT2D eigenvalue weighted by Crippen LogP contribution is 2.15. The van der Waals surface area contributed by atoms with Crippen LogP contribution in [-0.4, -0.2) is 31.1 Å². The standard InChI is InChI=1S/C13H22N2OS/c1-4-8-15(5-2)9-6-7-14-11-10(3)12(16)13(11)17/h14H,4-9H2,1-3H3. The minimum absolute atomic E-state index is 0.0312. The molecule has 0 radical (unpaired) electrons. The molecular formula is C13H22N2OS. The van der Waals surface area contributed by atoms with E-state index in [1.165, 1.54) is 6.42 Å². The van der Waals surface area contributed by atoms with Crippen molar-refractivity contribution in [2.24, 2.45) is 0 Å². The molecule has 0 spiro atoms. The van der Waals surface area contributed by atoms with E-state index in [0.29, 0.717) is 4.51 Å². The Hall–Kier alpha value is -0.740. The van der Waals surface area contributed by atoms with E-state index in [2.05, 4.69) is 24.1 Å². The average molecular weight is 254 g/mol. The molecule has 0 fully saturated rings. The third kappa shape index (κ3) is 3.61. The van der Waals surface area contributed by atoms with Crippen LogP contribution in [0.3, 0.4) is 0 Å². The normalized spacial score (nSPS) is 11.3. The highest BCUT2D eigenvalue weighted by Gasteiger charge is 2.12. The molecule has 1 aromatic rings. The van der Waals surface area contributed by atoms with Crippen LogP contribution in [0.15, 0.2) is 4.79 Å². The third-order valence-corrected chi connectivity index (χ3v) is 3.48. The number of nitrogens with zero attached hydrogens (tertiary/aromatic N) is 1. The minimum atomic E-state index is 0.0312. The second-order valence-electron chi connectivity index (χ2n) is 4.37. The summed E-state index contributed by atoms with van der Waals surface area (Å²) in [7, 11) is 0. The molecular weight excluding hydrogens is 232 g/mol. The lowest BCUT2D eigenvalue weighted by atomic mass is 10.1. The van der Waals surface area contributed by atoms with Gasteiger partial charge in [-0.15, -0.1) is 0 Å². The molecule has 0 aromatic heterocycles. The molecule has 3 nitrogen and oxygen atoms in total. The van der Waals surface area contributed by atoms with Crippen LogP contribution in [-0.2, 0) is 0 Å². The van der Waals surface area contributed by atoms with Crippen molar-refractivity contribution < 1.29 is 0 Å². The van der Waals surface area contributed by atoms with Crippen LogP contribution in [0, 0.1) is 11.4 Å². The molecule has 1 rings (SSSR count). The molecule has 1 N–H and O–H groups in total. The van der Waals surface area contributed by atoms with E-state index in [1.807, 2.05) is 6.92 Å². The molecule has 0 saturated heterocycles. The summed E-state index contributed by atoms with van der Waals surface area (Å²) in [5, 5.41) is 3.26. The zero-order valence-corrected chi connectivity index (χ0v) is 11.8. The van der Waals surface area contributed by atoms with Crippen LogP contribution in [0.2, 0.25) is 0 Å². The summed E-state index contributed by atoms with van der Waals surface area (Å²) in [4.78, 5) is 13.6. The fourth-order valence-corrected chi connectivity index (χ4v) is 2.36. The Labute approximate surface area is 109 Å². The molecule has 0 saturated carbocycles. The van der Waals surface area contributed by atoms with Crippen molar-refractivity contribution in [3.63, 3.8) is 0 Å². The van der Waals surface area contributed by atoms with Gasteiger partial charge in [-0.1, -0.05) is 26.1 Å². The molecule has 96 valence electrons. The van der Waals surface area contributed by atoms with Crippen LogP contribution in [0.5, 0.6) is 0 Å². The van der Waals surface area contributed by atoms with E-state index in [9.17, 15) is 4.79 Å². The summed E-state index contributed by atoms with van der Waals surface area (Å²) in [6.07, 6.45) is 2.28. The maximum absolute atomic E-state index is 11.2. The predicted molar refractivity (Wildman–Crippen MR) is 76.2 cm³/mol. The maximum atomic E-state index is 11.2. The largest absolute Gasteiger partial charge is 0.383 e. The van der Waals surface area contributed by atoms with Gasteiger partial charge in [-0.25, -0.2) is 0 Å². The van der Waals surface area contributed by atoms with Crippen molar-refractivity contribution in [3.05, 3.63) is 20.3 Å². The highest BCUT2D eigenvalue weighted by atomic mass is 32.1. The lowest BCUT2D eigenvalue weighted by molar-refractivity contribution is 0.288. The molecule has 4 heteroatoms. The Kier molecular flexibility index (Phi) is 5.78. The van der Waals surface area contributed by atoms with Crippen LogP contribution in [0.4, 0.5) is 5.69 Å². The van der Waals surface area contributed by atoms with Crippen molar-refractivity contribution >= 4 is 17.9 Å². The average Bonchev–Trinajstić information content (AvgIpc) is 2.36. The molecule has 0 atom stereocenters. The number of rotatable bonds is 8. The molecule has 0 unspecified atom stereocenters. The fourth-order valence-electron chi connectivity index (χ4n) is 1.98. The van der Waals surface area contributed by atoms with Gasteiger partial charge in [0.2, 0.25) is 5.43 Å². The quantitative estimate of drug-likeness (QED) is 0.570. The summed E-state index contributed by atoms with van der Waals surface area (Å²) in [5.74, 6) is 0. The molecule has 0 heterocycles. The number of hydrogen-bond donors (Lipinski definition) is 1. The van der Waals surface area contributed by atoms with E-state index in [1.54, 1.807) is 0 Å². The van der Waals surface area contributed by atoms with E-state index < -0.39 is 0 Å². The topological polar surface area (TPSA) is 32.3 Å². The Morgan fingerprint density at radius 1 is 1.29 bits per heavy atom. The Morgan fingerprint density at radius 3 is 2.53 bits per heavy atom. The molecule has 0 aliphatic rings. The molecule has 1 aromatic carbocycles. The number of hydrogen-bond acceptors (Lipinski definition) is 4. The second kappa shape index (κ2) is 6.87. The zero-order chi connectivity index (χ0) is 12.8. The fraction of sp³-hybridized carbons (Fsp3) is 0.692. The van der Waals surface area contributed by atoms with Crippen molar-refractivity contribution in [1.82, 2.24) is 4.90 Å². The van der Waals surface area contributed by atoms with Crippen LogP contribution < -0.4 is 10.7 Å². The SMILES string of the molecule is CCCN(CC)CCCNc1c(C)c(=O)c1=S. The smallest absolute Gasteiger partial charge is 0.203 e. The first-order valence-corrected chi connectivity index (χ1v) is 6.78. The monoisotopic (exact) mass is 254 g/mol.